The van der Waals surface area contributed by atoms with E-state index in [9.17, 15) is 0 Å². The summed E-state index contributed by atoms with van der Waals surface area (Å²) in [6.45, 7) is 0. The predicted molar refractivity (Wildman–Crippen MR) is 26.4 cm³/mol. The van der Waals surface area contributed by atoms with Crippen LogP contribution in [0.2, 0.25) is 0 Å². The van der Waals surface area contributed by atoms with Crippen LogP contribution in [0.25, 0.3) is 0 Å². The maximum atomic E-state index is 2.00. The van der Waals surface area contributed by atoms with Crippen LogP contribution >= 0.6 is 0 Å². The van der Waals surface area contributed by atoms with Crippen LogP contribution in [0.5, 0.6) is 0 Å². The smallest absolute Gasteiger partial charge is 0 e. The molecular formula is C6H6PdPt. The van der Waals surface area contributed by atoms with Crippen molar-refractivity contribution in [2.75, 3.05) is 0 Å². The van der Waals surface area contributed by atoms with Gasteiger partial charge in [0.25, 0.3) is 0 Å². The third-order valence-electron chi connectivity index (χ3n) is 0.667. The molecule has 0 aliphatic heterocycles. The molecule has 0 saturated carbocycles. The van der Waals surface area contributed by atoms with Crippen LogP contribution in [-0.2, 0) is 41.5 Å². The van der Waals surface area contributed by atoms with Gasteiger partial charge in [0.05, 0.1) is 0 Å². The van der Waals surface area contributed by atoms with Crippen LogP contribution in [0.3, 0.4) is 0 Å². The Morgan fingerprint density at radius 1 is 0.500 bits per heavy atom. The molecule has 0 amide bonds. The van der Waals surface area contributed by atoms with Gasteiger partial charge in [0, 0.05) is 41.5 Å². The van der Waals surface area contributed by atoms with Crippen LogP contribution in [-0.4, -0.2) is 0 Å². The van der Waals surface area contributed by atoms with Gasteiger partial charge in [-0.25, -0.2) is 0 Å². The Morgan fingerprint density at radius 3 is 0.750 bits per heavy atom. The van der Waals surface area contributed by atoms with Crippen LogP contribution in [0, 0.1) is 0 Å². The van der Waals surface area contributed by atoms with E-state index in [1.807, 2.05) is 36.4 Å². The van der Waals surface area contributed by atoms with Crippen molar-refractivity contribution < 1.29 is 41.5 Å². The summed E-state index contributed by atoms with van der Waals surface area (Å²) in [7, 11) is 0. The Kier molecular flexibility index (Phi) is 10.8. The summed E-state index contributed by atoms with van der Waals surface area (Å²) >= 11 is 0. The molecule has 0 heterocycles. The van der Waals surface area contributed by atoms with Crippen molar-refractivity contribution in [3.63, 3.8) is 0 Å². The van der Waals surface area contributed by atoms with E-state index in [1.165, 1.54) is 0 Å². The fourth-order valence-electron chi connectivity index (χ4n) is 0.385. The summed E-state index contributed by atoms with van der Waals surface area (Å²) in [5.41, 5.74) is 0. The molecule has 0 saturated heterocycles. The van der Waals surface area contributed by atoms with Gasteiger partial charge in [0.15, 0.2) is 0 Å². The summed E-state index contributed by atoms with van der Waals surface area (Å²) < 4.78 is 0. The Hall–Kier alpha value is 0.571. The maximum Gasteiger partial charge on any atom is 0 e. The van der Waals surface area contributed by atoms with E-state index in [4.69, 9.17) is 0 Å². The average molecular weight is 380 g/mol. The SMILES string of the molecule is [Pd].[Pt].c1ccccc1. The molecule has 0 fully saturated rings. The molecule has 50 valence electrons. The number of benzene rings is 1. The van der Waals surface area contributed by atoms with Crippen molar-refractivity contribution >= 4 is 0 Å². The van der Waals surface area contributed by atoms with Crippen LogP contribution in [0.15, 0.2) is 36.4 Å². The van der Waals surface area contributed by atoms with Gasteiger partial charge in [-0.05, 0) is 0 Å². The van der Waals surface area contributed by atoms with Crippen molar-refractivity contribution in [1.82, 2.24) is 0 Å². The van der Waals surface area contributed by atoms with E-state index in [-0.39, 0.29) is 41.5 Å². The van der Waals surface area contributed by atoms with Gasteiger partial charge in [-0.1, -0.05) is 36.4 Å². The standard InChI is InChI=1S/C6H6.Pd.Pt/c1-2-4-6-5-3-1;;/h1-6H;;. The zero-order valence-electron chi connectivity index (χ0n) is 4.10. The topological polar surface area (TPSA) is 0 Å². The molecule has 0 N–H and O–H groups in total. The van der Waals surface area contributed by atoms with Crippen molar-refractivity contribution in [1.29, 1.82) is 0 Å². The second-order valence-corrected chi connectivity index (χ2v) is 1.15. The summed E-state index contributed by atoms with van der Waals surface area (Å²) in [4.78, 5) is 0. The Morgan fingerprint density at radius 2 is 0.625 bits per heavy atom. The Labute approximate surface area is 77.6 Å². The molecule has 0 aromatic heterocycles. The summed E-state index contributed by atoms with van der Waals surface area (Å²) in [5, 5.41) is 0. The van der Waals surface area contributed by atoms with Gasteiger partial charge in [0.1, 0.15) is 0 Å². The molecular weight excluding hydrogens is 374 g/mol. The van der Waals surface area contributed by atoms with E-state index < -0.39 is 0 Å². The van der Waals surface area contributed by atoms with Crippen LogP contribution in [0.4, 0.5) is 0 Å². The van der Waals surface area contributed by atoms with E-state index >= 15 is 0 Å². The molecule has 0 atom stereocenters. The summed E-state index contributed by atoms with van der Waals surface area (Å²) in [6.07, 6.45) is 0. The monoisotopic (exact) mass is 379 g/mol. The zero-order chi connectivity index (χ0) is 4.24. The van der Waals surface area contributed by atoms with Gasteiger partial charge in [0.2, 0.25) is 0 Å². The quantitative estimate of drug-likeness (QED) is 0.602. The molecule has 0 aliphatic carbocycles. The normalized spacial score (nSPS) is 6.00. The molecule has 0 unspecified atom stereocenters. The van der Waals surface area contributed by atoms with Gasteiger partial charge in [-0.3, -0.25) is 0 Å². The number of hydrogen-bond acceptors (Lipinski definition) is 0. The number of rotatable bonds is 0. The first-order valence-corrected chi connectivity index (χ1v) is 2.00. The Balaban J connectivity index is 0. The van der Waals surface area contributed by atoms with Gasteiger partial charge in [-0.2, -0.15) is 0 Å². The second-order valence-electron chi connectivity index (χ2n) is 1.15. The van der Waals surface area contributed by atoms with Crippen molar-refractivity contribution in [3.05, 3.63) is 36.4 Å². The predicted octanol–water partition coefficient (Wildman–Crippen LogP) is 1.68. The maximum absolute atomic E-state index is 2.00. The molecule has 0 radical (unpaired) electrons. The third-order valence-corrected chi connectivity index (χ3v) is 0.667. The fourth-order valence-corrected chi connectivity index (χ4v) is 0.385. The zero-order valence-corrected chi connectivity index (χ0v) is 7.92. The molecule has 1 rings (SSSR count). The average Bonchev–Trinajstić information content (AvgIpc) is 1.72. The molecule has 1 aromatic carbocycles. The minimum atomic E-state index is 0. The van der Waals surface area contributed by atoms with E-state index in [2.05, 4.69) is 0 Å². The molecule has 2 heteroatoms. The largest absolute Gasteiger partial charge is 0.0623 e. The first-order valence-electron chi connectivity index (χ1n) is 2.00. The molecule has 1 aromatic rings. The summed E-state index contributed by atoms with van der Waals surface area (Å²) in [6, 6.07) is 12.0. The minimum Gasteiger partial charge on any atom is -0.0623 e. The first-order chi connectivity index (χ1) is 3.00. The molecule has 0 nitrogen and oxygen atoms in total. The van der Waals surface area contributed by atoms with E-state index in [0.29, 0.717) is 0 Å². The van der Waals surface area contributed by atoms with Crippen LogP contribution < -0.4 is 0 Å². The van der Waals surface area contributed by atoms with Crippen molar-refractivity contribution in [2.45, 2.75) is 0 Å². The van der Waals surface area contributed by atoms with Crippen molar-refractivity contribution in [3.8, 4) is 0 Å². The van der Waals surface area contributed by atoms with Crippen molar-refractivity contribution in [2.24, 2.45) is 0 Å². The summed E-state index contributed by atoms with van der Waals surface area (Å²) in [5.74, 6) is 0. The van der Waals surface area contributed by atoms with Gasteiger partial charge in [-0.15, -0.1) is 0 Å². The third kappa shape index (κ3) is 4.72. The minimum absolute atomic E-state index is 0. The molecule has 0 aliphatic rings. The Bertz CT molecular complexity index is 80.5. The molecule has 0 spiro atoms. The first kappa shape index (κ1) is 11.4. The van der Waals surface area contributed by atoms with E-state index in [0.717, 1.165) is 0 Å². The number of hydrogen-bond donors (Lipinski definition) is 0. The van der Waals surface area contributed by atoms with Gasteiger partial charge < -0.3 is 0 Å². The molecule has 8 heavy (non-hydrogen) atoms. The fraction of sp³-hybridized carbons (Fsp3) is 0. The molecule has 0 bridgehead atoms. The van der Waals surface area contributed by atoms with Gasteiger partial charge >= 0.3 is 0 Å². The second kappa shape index (κ2) is 7.57. The van der Waals surface area contributed by atoms with Crippen LogP contribution in [0.1, 0.15) is 0 Å². The van der Waals surface area contributed by atoms with E-state index in [1.54, 1.807) is 0 Å².